The van der Waals surface area contributed by atoms with Crippen molar-refractivity contribution in [2.75, 3.05) is 0 Å². The van der Waals surface area contributed by atoms with Crippen molar-refractivity contribution in [3.63, 3.8) is 0 Å². The van der Waals surface area contributed by atoms with Crippen LogP contribution in [0.1, 0.15) is 47.8 Å². The number of hydrogen-bond acceptors (Lipinski definition) is 4. The number of aryl methyl sites for hydroxylation is 1. The Morgan fingerprint density at radius 2 is 2.15 bits per heavy atom. The van der Waals surface area contributed by atoms with Crippen LogP contribution in [-0.2, 0) is 6.54 Å². The van der Waals surface area contributed by atoms with Gasteiger partial charge in [-0.1, -0.05) is 0 Å². The fourth-order valence-electron chi connectivity index (χ4n) is 3.70. The van der Waals surface area contributed by atoms with Crippen LogP contribution in [0, 0.1) is 25.2 Å². The molecule has 4 rings (SSSR count). The first kappa shape index (κ1) is 16.9. The molecule has 0 aliphatic heterocycles. The lowest BCUT2D eigenvalue weighted by Gasteiger charge is -2.07. The second-order valence-corrected chi connectivity index (χ2v) is 7.64. The molecule has 0 atom stereocenters. The Morgan fingerprint density at radius 3 is 2.85 bits per heavy atom. The molecule has 0 spiro atoms. The fourth-order valence-corrected chi connectivity index (χ4v) is 4.57. The molecule has 0 radical (unpaired) electrons. The van der Waals surface area contributed by atoms with E-state index in [1.54, 1.807) is 17.6 Å². The lowest BCUT2D eigenvalue weighted by Crippen LogP contribution is -2.02. The third kappa shape index (κ3) is 3.02. The predicted molar refractivity (Wildman–Crippen MR) is 104 cm³/mol. The van der Waals surface area contributed by atoms with E-state index in [9.17, 15) is 5.26 Å². The third-order valence-corrected chi connectivity index (χ3v) is 5.99. The molecular weight excluding hydrogens is 342 g/mol. The highest BCUT2D eigenvalue weighted by atomic mass is 32.1. The number of hydrogen-bond donors (Lipinski definition) is 0. The topological polar surface area (TPSA) is 54.8 Å². The van der Waals surface area contributed by atoms with Gasteiger partial charge in [0.1, 0.15) is 16.8 Å². The zero-order valence-corrected chi connectivity index (χ0v) is 15.9. The lowest BCUT2D eigenvalue weighted by molar-refractivity contribution is 0.489. The maximum atomic E-state index is 9.61. The molecule has 0 aromatic carbocycles. The average Bonchev–Trinajstić information content (AvgIpc) is 3.41. The Hall–Kier alpha value is -2.58. The molecule has 1 aliphatic carbocycles. The summed E-state index contributed by atoms with van der Waals surface area (Å²) < 4.78 is 7.74. The maximum Gasteiger partial charge on any atom is 0.134 e. The van der Waals surface area contributed by atoms with Gasteiger partial charge in [-0.2, -0.15) is 5.26 Å². The van der Waals surface area contributed by atoms with Gasteiger partial charge in [-0.05, 0) is 63.3 Å². The molecule has 0 N–H and O–H groups in total. The van der Waals surface area contributed by atoms with Crippen molar-refractivity contribution in [3.05, 3.63) is 57.6 Å². The summed E-state index contributed by atoms with van der Waals surface area (Å²) in [4.78, 5) is 4.81. The molecule has 5 heteroatoms. The molecule has 1 saturated carbocycles. The van der Waals surface area contributed by atoms with E-state index < -0.39 is 0 Å². The number of allylic oxidation sites excluding steroid dienone is 2. The van der Waals surface area contributed by atoms with E-state index in [0.29, 0.717) is 0 Å². The van der Waals surface area contributed by atoms with E-state index in [1.807, 2.05) is 12.1 Å². The third-order valence-electron chi connectivity index (χ3n) is 5.13. The van der Waals surface area contributed by atoms with E-state index >= 15 is 0 Å². The number of nitrogens with zero attached hydrogens (tertiary/aromatic N) is 3. The predicted octanol–water partition coefficient (Wildman–Crippen LogP) is 5.72. The minimum atomic E-state index is 0.717. The van der Waals surface area contributed by atoms with Crippen LogP contribution < -0.4 is 0 Å². The van der Waals surface area contributed by atoms with Gasteiger partial charge in [0.05, 0.1) is 24.1 Å². The van der Waals surface area contributed by atoms with E-state index in [-0.39, 0.29) is 0 Å². The number of aromatic nitrogens is 2. The number of nitriles is 1. The molecule has 0 amide bonds. The first-order chi connectivity index (χ1) is 12.7. The molecule has 1 aliphatic rings. The molecule has 3 aromatic heterocycles. The average molecular weight is 363 g/mol. The minimum absolute atomic E-state index is 0.717. The maximum absolute atomic E-state index is 9.61. The molecule has 0 saturated heterocycles. The van der Waals surface area contributed by atoms with E-state index in [0.717, 1.165) is 47.0 Å². The van der Waals surface area contributed by atoms with Gasteiger partial charge >= 0.3 is 0 Å². The van der Waals surface area contributed by atoms with Gasteiger partial charge in [-0.15, -0.1) is 11.3 Å². The lowest BCUT2D eigenvalue weighted by atomic mass is 10.1. The summed E-state index contributed by atoms with van der Waals surface area (Å²) in [5, 5.41) is 12.5. The van der Waals surface area contributed by atoms with Crippen LogP contribution in [0.2, 0.25) is 0 Å². The molecule has 0 bridgehead atoms. The van der Waals surface area contributed by atoms with Gasteiger partial charge in [-0.3, -0.25) is 0 Å². The van der Waals surface area contributed by atoms with Crippen molar-refractivity contribution in [1.82, 2.24) is 9.55 Å². The molecule has 4 nitrogen and oxygen atoms in total. The van der Waals surface area contributed by atoms with E-state index in [1.165, 1.54) is 29.8 Å². The highest BCUT2D eigenvalue weighted by Crippen LogP contribution is 2.35. The van der Waals surface area contributed by atoms with Gasteiger partial charge in [-0.25, -0.2) is 4.98 Å². The molecule has 0 unspecified atom stereocenters. The number of thiazole rings is 1. The van der Waals surface area contributed by atoms with Gasteiger partial charge in [0.2, 0.25) is 0 Å². The van der Waals surface area contributed by atoms with Crippen molar-refractivity contribution in [1.29, 1.82) is 5.26 Å². The van der Waals surface area contributed by atoms with Gasteiger partial charge in [0.25, 0.3) is 0 Å². The molecular formula is C21H21N3OS. The SMILES string of the molecule is Cc1cc(-c2csc(C(C#N)=C3CCCC3)n2)c(C)n1Cc1ccco1. The van der Waals surface area contributed by atoms with Crippen LogP contribution in [0.4, 0.5) is 0 Å². The van der Waals surface area contributed by atoms with Crippen LogP contribution in [0.25, 0.3) is 16.8 Å². The van der Waals surface area contributed by atoms with Crippen LogP contribution in [0.15, 0.2) is 39.8 Å². The quantitative estimate of drug-likeness (QED) is 0.557. The Labute approximate surface area is 157 Å². The number of rotatable bonds is 4. The first-order valence-electron chi connectivity index (χ1n) is 8.95. The van der Waals surface area contributed by atoms with Crippen molar-refractivity contribution in [3.8, 4) is 17.3 Å². The highest BCUT2D eigenvalue weighted by Gasteiger charge is 2.19. The van der Waals surface area contributed by atoms with Crippen LogP contribution in [0.5, 0.6) is 0 Å². The summed E-state index contributed by atoms with van der Waals surface area (Å²) in [7, 11) is 0. The fraction of sp³-hybridized carbons (Fsp3) is 0.333. The largest absolute Gasteiger partial charge is 0.467 e. The summed E-state index contributed by atoms with van der Waals surface area (Å²) in [5.41, 5.74) is 6.50. The second kappa shape index (κ2) is 6.97. The standard InChI is InChI=1S/C21H21N3OS/c1-14-10-18(15(2)24(14)12-17-8-5-9-25-17)20-13-26-21(23-20)19(11-22)16-6-3-4-7-16/h5,8-10,13H,3-4,6-7,12H2,1-2H3. The van der Waals surface area contributed by atoms with E-state index in [4.69, 9.17) is 9.40 Å². The first-order valence-corrected chi connectivity index (χ1v) is 9.83. The summed E-state index contributed by atoms with van der Waals surface area (Å²) in [6.07, 6.45) is 6.15. The normalized spacial score (nSPS) is 14.0. The summed E-state index contributed by atoms with van der Waals surface area (Å²) in [6, 6.07) is 8.47. The molecule has 3 heterocycles. The van der Waals surface area contributed by atoms with Crippen LogP contribution in [-0.4, -0.2) is 9.55 Å². The highest BCUT2D eigenvalue weighted by molar-refractivity contribution is 7.11. The summed E-state index contributed by atoms with van der Waals surface area (Å²) in [6.45, 7) is 4.94. The van der Waals surface area contributed by atoms with Gasteiger partial charge < -0.3 is 8.98 Å². The van der Waals surface area contributed by atoms with Gasteiger partial charge in [0, 0.05) is 22.3 Å². The summed E-state index contributed by atoms with van der Waals surface area (Å²) in [5.74, 6) is 0.940. The van der Waals surface area contributed by atoms with E-state index in [2.05, 4.69) is 35.9 Å². The second-order valence-electron chi connectivity index (χ2n) is 6.79. The molecule has 3 aromatic rings. The van der Waals surface area contributed by atoms with Gasteiger partial charge in [0.15, 0.2) is 0 Å². The molecule has 132 valence electrons. The van der Waals surface area contributed by atoms with Crippen molar-refractivity contribution in [2.45, 2.75) is 46.1 Å². The minimum Gasteiger partial charge on any atom is -0.467 e. The zero-order valence-electron chi connectivity index (χ0n) is 15.1. The molecule has 26 heavy (non-hydrogen) atoms. The van der Waals surface area contributed by atoms with Crippen LogP contribution >= 0.6 is 11.3 Å². The van der Waals surface area contributed by atoms with Crippen molar-refractivity contribution < 1.29 is 4.42 Å². The Kier molecular flexibility index (Phi) is 4.52. The Bertz CT molecular complexity index is 991. The van der Waals surface area contributed by atoms with Crippen LogP contribution in [0.3, 0.4) is 0 Å². The smallest absolute Gasteiger partial charge is 0.134 e. The Morgan fingerprint density at radius 1 is 1.35 bits per heavy atom. The molecule has 1 fully saturated rings. The summed E-state index contributed by atoms with van der Waals surface area (Å²) >= 11 is 1.57. The zero-order chi connectivity index (χ0) is 18.1. The number of furan rings is 1. The Balaban J connectivity index is 1.68. The van der Waals surface area contributed by atoms with Crippen molar-refractivity contribution >= 4 is 16.9 Å². The van der Waals surface area contributed by atoms with Crippen molar-refractivity contribution in [2.24, 2.45) is 0 Å². The monoisotopic (exact) mass is 363 g/mol.